The Balaban J connectivity index is 2.30. The van der Waals surface area contributed by atoms with E-state index in [0.717, 1.165) is 0 Å². The molecule has 1 aliphatic rings. The lowest BCUT2D eigenvalue weighted by atomic mass is 9.80. The van der Waals surface area contributed by atoms with Crippen LogP contribution in [0.25, 0.3) is 0 Å². The molecule has 2 unspecified atom stereocenters. The smallest absolute Gasteiger partial charge is 0.172 e. The first-order valence-electron chi connectivity index (χ1n) is 5.29. The van der Waals surface area contributed by atoms with Gasteiger partial charge >= 0.3 is 0 Å². The van der Waals surface area contributed by atoms with Gasteiger partial charge in [0, 0.05) is 5.56 Å². The molecular weight excluding hydrogens is 200 g/mol. The molecule has 2 heteroatoms. The summed E-state index contributed by atoms with van der Waals surface area (Å²) in [7, 11) is 0. The van der Waals surface area contributed by atoms with Gasteiger partial charge in [0.25, 0.3) is 0 Å². The molecule has 0 fully saturated rings. The summed E-state index contributed by atoms with van der Waals surface area (Å²) in [5, 5.41) is 10.1. The van der Waals surface area contributed by atoms with Crippen molar-refractivity contribution in [3.05, 3.63) is 60.2 Å². The number of hydrogen-bond donors (Lipinski definition) is 1. The number of hydrogen-bond acceptors (Lipinski definition) is 2. The standard InChI is InChI=1S/C14H14O2/c1-14(16)10-6-5-9-12(14)13(15)11-7-3-2-4-8-11/h2-10,12,16H,1H3. The third-order valence-corrected chi connectivity index (χ3v) is 2.82. The summed E-state index contributed by atoms with van der Waals surface area (Å²) < 4.78 is 0. The maximum Gasteiger partial charge on any atom is 0.172 e. The van der Waals surface area contributed by atoms with Crippen LogP contribution < -0.4 is 0 Å². The molecule has 16 heavy (non-hydrogen) atoms. The van der Waals surface area contributed by atoms with Crippen molar-refractivity contribution < 1.29 is 9.90 Å². The van der Waals surface area contributed by atoms with Crippen LogP contribution in [0.15, 0.2) is 54.6 Å². The molecule has 0 spiro atoms. The molecule has 1 N–H and O–H groups in total. The molecule has 2 nitrogen and oxygen atoms in total. The van der Waals surface area contributed by atoms with Crippen LogP contribution in [0.5, 0.6) is 0 Å². The summed E-state index contributed by atoms with van der Waals surface area (Å²) >= 11 is 0. The molecule has 0 aromatic heterocycles. The minimum Gasteiger partial charge on any atom is -0.385 e. The molecule has 0 aliphatic heterocycles. The van der Waals surface area contributed by atoms with Gasteiger partial charge in [-0.3, -0.25) is 4.79 Å². The molecule has 82 valence electrons. The lowest BCUT2D eigenvalue weighted by molar-refractivity contribution is 0.0521. The van der Waals surface area contributed by atoms with Crippen LogP contribution in [0.1, 0.15) is 17.3 Å². The summed E-state index contributed by atoms with van der Waals surface area (Å²) in [5.41, 5.74) is -0.463. The van der Waals surface area contributed by atoms with Crippen LogP contribution in [0.4, 0.5) is 0 Å². The zero-order valence-electron chi connectivity index (χ0n) is 9.13. The van der Waals surface area contributed by atoms with E-state index in [4.69, 9.17) is 0 Å². The van der Waals surface area contributed by atoms with Crippen molar-refractivity contribution in [2.24, 2.45) is 5.92 Å². The van der Waals surface area contributed by atoms with Crippen LogP contribution in [0.3, 0.4) is 0 Å². The maximum absolute atomic E-state index is 12.2. The fourth-order valence-corrected chi connectivity index (χ4v) is 1.86. The third kappa shape index (κ3) is 1.97. The van der Waals surface area contributed by atoms with Crippen LogP contribution in [-0.4, -0.2) is 16.5 Å². The van der Waals surface area contributed by atoms with Crippen molar-refractivity contribution in [2.45, 2.75) is 12.5 Å². The molecule has 0 heterocycles. The number of aliphatic hydroxyl groups is 1. The lowest BCUT2D eigenvalue weighted by Gasteiger charge is -2.28. The van der Waals surface area contributed by atoms with Gasteiger partial charge in [0.15, 0.2) is 5.78 Å². The molecule has 0 saturated carbocycles. The fraction of sp³-hybridized carbons (Fsp3) is 0.214. The predicted octanol–water partition coefficient (Wildman–Crippen LogP) is 2.36. The Morgan fingerprint density at radius 1 is 1.25 bits per heavy atom. The number of carbonyl (C=O) groups excluding carboxylic acids is 1. The van der Waals surface area contributed by atoms with Gasteiger partial charge in [-0.25, -0.2) is 0 Å². The van der Waals surface area contributed by atoms with Crippen LogP contribution >= 0.6 is 0 Å². The molecule has 0 bridgehead atoms. The molecule has 0 amide bonds. The highest BCUT2D eigenvalue weighted by Crippen LogP contribution is 2.27. The molecule has 1 aromatic rings. The second-order valence-electron chi connectivity index (χ2n) is 4.18. The first-order chi connectivity index (χ1) is 7.61. The molecule has 0 saturated heterocycles. The Labute approximate surface area is 94.9 Å². The van der Waals surface area contributed by atoms with Gasteiger partial charge in [0.05, 0.1) is 11.5 Å². The minimum atomic E-state index is -1.10. The highest BCUT2D eigenvalue weighted by atomic mass is 16.3. The largest absolute Gasteiger partial charge is 0.385 e. The van der Waals surface area contributed by atoms with Crippen molar-refractivity contribution in [1.82, 2.24) is 0 Å². The first kappa shape index (κ1) is 10.8. The second kappa shape index (κ2) is 4.06. The second-order valence-corrected chi connectivity index (χ2v) is 4.18. The van der Waals surface area contributed by atoms with Gasteiger partial charge < -0.3 is 5.11 Å². The van der Waals surface area contributed by atoms with Crippen molar-refractivity contribution in [3.63, 3.8) is 0 Å². The summed E-state index contributed by atoms with van der Waals surface area (Å²) in [6.07, 6.45) is 6.95. The third-order valence-electron chi connectivity index (χ3n) is 2.82. The van der Waals surface area contributed by atoms with E-state index in [1.54, 1.807) is 43.4 Å². The van der Waals surface area contributed by atoms with Gasteiger partial charge in [0.1, 0.15) is 0 Å². The van der Waals surface area contributed by atoms with Crippen molar-refractivity contribution in [2.75, 3.05) is 0 Å². The Hall–Kier alpha value is -1.67. The Bertz CT molecular complexity index is 441. The lowest BCUT2D eigenvalue weighted by Crippen LogP contribution is -2.37. The van der Waals surface area contributed by atoms with E-state index in [9.17, 15) is 9.90 Å². The predicted molar refractivity (Wildman–Crippen MR) is 63.2 cm³/mol. The maximum atomic E-state index is 12.2. The summed E-state index contributed by atoms with van der Waals surface area (Å²) in [6, 6.07) is 9.05. The zero-order chi connectivity index (χ0) is 11.6. The van der Waals surface area contributed by atoms with Crippen molar-refractivity contribution in [3.8, 4) is 0 Å². The van der Waals surface area contributed by atoms with E-state index in [-0.39, 0.29) is 5.78 Å². The van der Waals surface area contributed by atoms with E-state index in [1.807, 2.05) is 18.2 Å². The van der Waals surface area contributed by atoms with E-state index < -0.39 is 11.5 Å². The molecular formula is C14H14O2. The Morgan fingerprint density at radius 2 is 1.94 bits per heavy atom. The Kier molecular flexibility index (Phi) is 2.75. The molecule has 1 aliphatic carbocycles. The van der Waals surface area contributed by atoms with Gasteiger partial charge in [-0.05, 0) is 6.92 Å². The topological polar surface area (TPSA) is 37.3 Å². The number of benzene rings is 1. The average Bonchev–Trinajstić information content (AvgIpc) is 2.29. The van der Waals surface area contributed by atoms with Crippen molar-refractivity contribution >= 4 is 5.78 Å². The first-order valence-corrected chi connectivity index (χ1v) is 5.29. The molecule has 1 aromatic carbocycles. The van der Waals surface area contributed by atoms with Gasteiger partial charge in [-0.15, -0.1) is 0 Å². The highest BCUT2D eigenvalue weighted by Gasteiger charge is 2.34. The molecule has 2 atom stereocenters. The fourth-order valence-electron chi connectivity index (χ4n) is 1.86. The summed E-state index contributed by atoms with van der Waals surface area (Å²) in [4.78, 5) is 12.2. The van der Waals surface area contributed by atoms with Crippen molar-refractivity contribution in [1.29, 1.82) is 0 Å². The van der Waals surface area contributed by atoms with Gasteiger partial charge in [-0.2, -0.15) is 0 Å². The number of allylic oxidation sites excluding steroid dienone is 2. The van der Waals surface area contributed by atoms with E-state index in [0.29, 0.717) is 5.56 Å². The Morgan fingerprint density at radius 3 is 2.56 bits per heavy atom. The zero-order valence-corrected chi connectivity index (χ0v) is 9.13. The highest BCUT2D eigenvalue weighted by molar-refractivity contribution is 6.00. The number of ketones is 1. The van der Waals surface area contributed by atoms with Crippen LogP contribution in [0.2, 0.25) is 0 Å². The summed E-state index contributed by atoms with van der Waals surface area (Å²) in [6.45, 7) is 1.65. The molecule has 2 rings (SSSR count). The van der Waals surface area contributed by atoms with Crippen LogP contribution in [0, 0.1) is 5.92 Å². The number of Topliss-reactive ketones (excluding diaryl/α,β-unsaturated/α-hetero) is 1. The van der Waals surface area contributed by atoms with E-state index in [1.165, 1.54) is 0 Å². The van der Waals surface area contributed by atoms with Gasteiger partial charge in [0.2, 0.25) is 0 Å². The molecule has 0 radical (unpaired) electrons. The quantitative estimate of drug-likeness (QED) is 0.767. The van der Waals surface area contributed by atoms with E-state index in [2.05, 4.69) is 0 Å². The summed E-state index contributed by atoms with van der Waals surface area (Å²) in [5.74, 6) is -0.550. The minimum absolute atomic E-state index is 0.0498. The van der Waals surface area contributed by atoms with Gasteiger partial charge in [-0.1, -0.05) is 54.6 Å². The normalized spacial score (nSPS) is 28.0. The number of carbonyl (C=O) groups is 1. The monoisotopic (exact) mass is 214 g/mol. The average molecular weight is 214 g/mol. The number of rotatable bonds is 2. The SMILES string of the molecule is CC1(O)C=CC=CC1C(=O)c1ccccc1. The van der Waals surface area contributed by atoms with Crippen LogP contribution in [-0.2, 0) is 0 Å². The van der Waals surface area contributed by atoms with E-state index >= 15 is 0 Å².